The minimum atomic E-state index is 0.218. The third kappa shape index (κ3) is 2.81. The Hall–Kier alpha value is -0.450. The summed E-state index contributed by atoms with van der Waals surface area (Å²) in [5.41, 5.74) is 0. The largest absolute Gasteiger partial charge is 0.312 e. The van der Waals surface area contributed by atoms with Crippen LogP contribution in [0, 0.1) is 0 Å². The van der Waals surface area contributed by atoms with Crippen LogP contribution < -0.4 is 5.32 Å². The molecule has 16 heavy (non-hydrogen) atoms. The number of hydrogen-bond acceptors (Lipinski definition) is 4. The zero-order valence-corrected chi connectivity index (χ0v) is 10.1. The molecule has 4 heteroatoms. The van der Waals surface area contributed by atoms with E-state index in [1.54, 1.807) is 0 Å². The lowest BCUT2D eigenvalue weighted by molar-refractivity contribution is -0.199. The van der Waals surface area contributed by atoms with E-state index in [9.17, 15) is 4.79 Å². The Morgan fingerprint density at radius 3 is 3.19 bits per heavy atom. The van der Waals surface area contributed by atoms with Crippen LogP contribution in [0.3, 0.4) is 0 Å². The summed E-state index contributed by atoms with van der Waals surface area (Å²) in [6, 6.07) is 1.07. The van der Waals surface area contributed by atoms with Crippen molar-refractivity contribution in [3.63, 3.8) is 0 Å². The molecule has 2 unspecified atom stereocenters. The molecule has 0 aromatic carbocycles. The molecule has 2 fully saturated rings. The first-order valence-corrected chi connectivity index (χ1v) is 6.46. The molecule has 0 amide bonds. The summed E-state index contributed by atoms with van der Waals surface area (Å²) in [4.78, 5) is 17.1. The van der Waals surface area contributed by atoms with Gasteiger partial charge in [-0.25, -0.2) is 0 Å². The van der Waals surface area contributed by atoms with Crippen LogP contribution >= 0.6 is 0 Å². The molecule has 1 N–H and O–H groups in total. The number of ketones is 1. The minimum Gasteiger partial charge on any atom is -0.312 e. The van der Waals surface area contributed by atoms with E-state index in [2.05, 4.69) is 5.32 Å². The highest BCUT2D eigenvalue weighted by molar-refractivity contribution is 5.79. The van der Waals surface area contributed by atoms with Gasteiger partial charge in [0.05, 0.1) is 6.04 Å². The van der Waals surface area contributed by atoms with Crippen molar-refractivity contribution in [2.24, 2.45) is 0 Å². The number of piperidine rings is 1. The molecule has 0 saturated carbocycles. The molecule has 2 saturated heterocycles. The average Bonchev–Trinajstić information content (AvgIpc) is 2.75. The smallest absolute Gasteiger partial charge is 0.160 e. The van der Waals surface area contributed by atoms with Crippen LogP contribution in [0.4, 0.5) is 0 Å². The van der Waals surface area contributed by atoms with Crippen molar-refractivity contribution in [1.29, 1.82) is 0 Å². The number of hydroxylamine groups is 2. The summed E-state index contributed by atoms with van der Waals surface area (Å²) in [5.74, 6) is 0.218. The van der Waals surface area contributed by atoms with Crippen molar-refractivity contribution in [2.75, 3.05) is 19.7 Å². The van der Waals surface area contributed by atoms with Crippen molar-refractivity contribution in [3.05, 3.63) is 0 Å². The first-order valence-electron chi connectivity index (χ1n) is 6.46. The minimum absolute atomic E-state index is 0.218. The van der Waals surface area contributed by atoms with Gasteiger partial charge in [0.15, 0.2) is 5.78 Å². The van der Waals surface area contributed by atoms with Gasteiger partial charge in [0.25, 0.3) is 0 Å². The Bertz CT molecular complexity index is 245. The van der Waals surface area contributed by atoms with E-state index in [1.165, 1.54) is 6.42 Å². The lowest BCUT2D eigenvalue weighted by Crippen LogP contribution is -2.48. The fraction of sp³-hybridized carbons (Fsp3) is 0.917. The van der Waals surface area contributed by atoms with Gasteiger partial charge in [-0.2, -0.15) is 5.06 Å². The number of nitrogens with zero attached hydrogens (tertiary/aromatic N) is 1. The first-order chi connectivity index (χ1) is 7.81. The maximum Gasteiger partial charge on any atom is 0.160 e. The maximum atomic E-state index is 11.4. The second kappa shape index (κ2) is 5.75. The van der Waals surface area contributed by atoms with Gasteiger partial charge in [-0.3, -0.25) is 9.63 Å². The van der Waals surface area contributed by atoms with Crippen LogP contribution in [-0.4, -0.2) is 42.6 Å². The standard InChI is InChI=1S/C12H22N2O2/c1-2-4-10(15)9-16-14-8-3-5-11-12(14)6-7-13-11/h11-13H,2-9H2,1H3. The van der Waals surface area contributed by atoms with E-state index in [0.717, 1.165) is 32.4 Å². The summed E-state index contributed by atoms with van der Waals surface area (Å²) in [6.07, 6.45) is 5.10. The molecule has 0 bridgehead atoms. The van der Waals surface area contributed by atoms with E-state index in [0.29, 0.717) is 18.5 Å². The highest BCUT2D eigenvalue weighted by atomic mass is 16.7. The number of carbonyl (C=O) groups is 1. The van der Waals surface area contributed by atoms with Crippen LogP contribution in [0.5, 0.6) is 0 Å². The SMILES string of the molecule is CCCC(=O)CON1CCCC2NCCC21. The molecule has 2 rings (SSSR count). The third-order valence-electron chi connectivity index (χ3n) is 3.49. The maximum absolute atomic E-state index is 11.4. The molecule has 92 valence electrons. The van der Waals surface area contributed by atoms with Crippen LogP contribution in [0.1, 0.15) is 39.0 Å². The number of nitrogens with one attached hydrogen (secondary N) is 1. The lowest BCUT2D eigenvalue weighted by Gasteiger charge is -2.35. The highest BCUT2D eigenvalue weighted by Crippen LogP contribution is 2.24. The lowest BCUT2D eigenvalue weighted by atomic mass is 10.00. The normalized spacial score (nSPS) is 30.3. The van der Waals surface area contributed by atoms with E-state index >= 15 is 0 Å². The van der Waals surface area contributed by atoms with E-state index in [4.69, 9.17) is 4.84 Å². The predicted molar refractivity (Wildman–Crippen MR) is 62.0 cm³/mol. The monoisotopic (exact) mass is 226 g/mol. The fourth-order valence-electron chi connectivity index (χ4n) is 2.69. The zero-order valence-electron chi connectivity index (χ0n) is 10.1. The van der Waals surface area contributed by atoms with Crippen molar-refractivity contribution in [3.8, 4) is 0 Å². The molecular formula is C12H22N2O2. The summed E-state index contributed by atoms with van der Waals surface area (Å²) in [5, 5.41) is 5.54. The topological polar surface area (TPSA) is 41.6 Å². The third-order valence-corrected chi connectivity index (χ3v) is 3.49. The second-order valence-corrected chi connectivity index (χ2v) is 4.76. The van der Waals surface area contributed by atoms with E-state index in [-0.39, 0.29) is 12.4 Å². The first kappa shape index (κ1) is 12.0. The van der Waals surface area contributed by atoms with Crippen molar-refractivity contribution < 1.29 is 9.63 Å². The number of Topliss-reactive ketones (excluding diaryl/α,β-unsaturated/α-hetero) is 1. The van der Waals surface area contributed by atoms with Gasteiger partial charge in [0.1, 0.15) is 6.61 Å². The molecular weight excluding hydrogens is 204 g/mol. The summed E-state index contributed by atoms with van der Waals surface area (Å²) < 4.78 is 0. The summed E-state index contributed by atoms with van der Waals surface area (Å²) >= 11 is 0. The van der Waals surface area contributed by atoms with Gasteiger partial charge < -0.3 is 5.32 Å². The quantitative estimate of drug-likeness (QED) is 0.762. The molecule has 2 aliphatic heterocycles. The Balaban J connectivity index is 1.77. The average molecular weight is 226 g/mol. The molecule has 0 aromatic heterocycles. The van der Waals surface area contributed by atoms with Crippen LogP contribution in [-0.2, 0) is 9.63 Å². The van der Waals surface area contributed by atoms with Crippen molar-refractivity contribution in [2.45, 2.75) is 51.1 Å². The van der Waals surface area contributed by atoms with Gasteiger partial charge in [-0.1, -0.05) is 6.92 Å². The van der Waals surface area contributed by atoms with E-state index < -0.39 is 0 Å². The van der Waals surface area contributed by atoms with Crippen LogP contribution in [0.25, 0.3) is 0 Å². The predicted octanol–water partition coefficient (Wildman–Crippen LogP) is 1.11. The molecule has 0 radical (unpaired) electrons. The van der Waals surface area contributed by atoms with Crippen molar-refractivity contribution in [1.82, 2.24) is 10.4 Å². The number of carbonyl (C=O) groups excluding carboxylic acids is 1. The molecule has 0 aromatic rings. The van der Waals surface area contributed by atoms with Gasteiger partial charge in [-0.15, -0.1) is 0 Å². The Morgan fingerprint density at radius 1 is 1.50 bits per heavy atom. The van der Waals surface area contributed by atoms with Crippen LogP contribution in [0.2, 0.25) is 0 Å². The van der Waals surface area contributed by atoms with Gasteiger partial charge >= 0.3 is 0 Å². The Morgan fingerprint density at radius 2 is 2.38 bits per heavy atom. The molecule has 0 aliphatic carbocycles. The van der Waals surface area contributed by atoms with Gasteiger partial charge in [-0.05, 0) is 32.2 Å². The van der Waals surface area contributed by atoms with Gasteiger partial charge in [0.2, 0.25) is 0 Å². The molecule has 2 atom stereocenters. The number of fused-ring (bicyclic) bond motifs is 1. The van der Waals surface area contributed by atoms with Crippen LogP contribution in [0.15, 0.2) is 0 Å². The number of rotatable bonds is 5. The Kier molecular flexibility index (Phi) is 4.32. The summed E-state index contributed by atoms with van der Waals surface area (Å²) in [7, 11) is 0. The summed E-state index contributed by atoms with van der Waals surface area (Å²) in [6.45, 7) is 4.34. The number of hydrogen-bond donors (Lipinski definition) is 1. The second-order valence-electron chi connectivity index (χ2n) is 4.76. The zero-order chi connectivity index (χ0) is 11.4. The molecule has 4 nitrogen and oxygen atoms in total. The Labute approximate surface area is 97.3 Å². The highest BCUT2D eigenvalue weighted by Gasteiger charge is 2.35. The fourth-order valence-corrected chi connectivity index (χ4v) is 2.69. The molecule has 2 heterocycles. The van der Waals surface area contributed by atoms with Gasteiger partial charge in [0, 0.05) is 19.0 Å². The van der Waals surface area contributed by atoms with E-state index in [1.807, 2.05) is 12.0 Å². The van der Waals surface area contributed by atoms with Crippen molar-refractivity contribution >= 4 is 5.78 Å². The molecule has 2 aliphatic rings. The molecule has 0 spiro atoms.